The van der Waals surface area contributed by atoms with Crippen LogP contribution in [0.2, 0.25) is 0 Å². The molecule has 0 saturated heterocycles. The Balaban J connectivity index is 2.80. The highest BCUT2D eigenvalue weighted by Gasteiger charge is 2.23. The zero-order valence-electron chi connectivity index (χ0n) is 9.70. The Labute approximate surface area is 103 Å². The lowest BCUT2D eigenvalue weighted by molar-refractivity contribution is -0.422. The van der Waals surface area contributed by atoms with Gasteiger partial charge >= 0.3 is 11.4 Å². The molecule has 7 heteroatoms. The van der Waals surface area contributed by atoms with Crippen molar-refractivity contribution in [1.82, 2.24) is 0 Å². The quantitative estimate of drug-likeness (QED) is 0.423. The van der Waals surface area contributed by atoms with Gasteiger partial charge in [0, 0.05) is 12.1 Å². The van der Waals surface area contributed by atoms with Crippen molar-refractivity contribution in [3.8, 4) is 0 Å². The molecule has 1 aromatic carbocycles. The Bertz CT molecular complexity index is 447. The molecule has 0 saturated carbocycles. The Hall–Kier alpha value is -2.02. The number of nitrogens with zero attached hydrogens (tertiary/aromatic N) is 2. The summed E-state index contributed by atoms with van der Waals surface area (Å²) in [5, 5.41) is 31.6. The van der Waals surface area contributed by atoms with Crippen molar-refractivity contribution in [2.24, 2.45) is 0 Å². The predicted molar refractivity (Wildman–Crippen MR) is 62.9 cm³/mol. The van der Waals surface area contributed by atoms with Crippen LogP contribution in [0.25, 0.3) is 0 Å². The first-order valence-corrected chi connectivity index (χ1v) is 5.56. The van der Waals surface area contributed by atoms with E-state index in [0.717, 1.165) is 18.9 Å². The SMILES string of the molecule is [O]CCCCCc1ccc([N+](=O)[O-])c([N+](=O)[O-])c1. The van der Waals surface area contributed by atoms with E-state index in [1.807, 2.05) is 0 Å². The fraction of sp³-hybridized carbons (Fsp3) is 0.455. The molecule has 0 heterocycles. The predicted octanol–water partition coefficient (Wildman–Crippen LogP) is 2.65. The number of nitro benzene ring substituents is 2. The van der Waals surface area contributed by atoms with E-state index in [0.29, 0.717) is 18.4 Å². The summed E-state index contributed by atoms with van der Waals surface area (Å²) in [6.07, 6.45) is 2.67. The summed E-state index contributed by atoms with van der Waals surface area (Å²) in [5.41, 5.74) is -0.303. The molecule has 0 bridgehead atoms. The summed E-state index contributed by atoms with van der Waals surface area (Å²) in [4.78, 5) is 19.8. The van der Waals surface area contributed by atoms with E-state index in [1.165, 1.54) is 12.1 Å². The number of hydrogen-bond donors (Lipinski definition) is 0. The normalized spacial score (nSPS) is 10.3. The first-order chi connectivity index (χ1) is 8.56. The van der Waals surface area contributed by atoms with Crippen LogP contribution in [0.15, 0.2) is 18.2 Å². The summed E-state index contributed by atoms with van der Waals surface area (Å²) >= 11 is 0. The van der Waals surface area contributed by atoms with Crippen LogP contribution in [-0.2, 0) is 11.5 Å². The first kappa shape index (κ1) is 14.0. The van der Waals surface area contributed by atoms with Crippen molar-refractivity contribution in [3.05, 3.63) is 44.0 Å². The third-order valence-corrected chi connectivity index (χ3v) is 2.54. The number of aryl methyl sites for hydroxylation is 1. The van der Waals surface area contributed by atoms with Crippen LogP contribution in [0.3, 0.4) is 0 Å². The van der Waals surface area contributed by atoms with E-state index in [2.05, 4.69) is 0 Å². The third-order valence-electron chi connectivity index (χ3n) is 2.54. The van der Waals surface area contributed by atoms with Gasteiger partial charge in [-0.1, -0.05) is 12.5 Å². The lowest BCUT2D eigenvalue weighted by Gasteiger charge is -2.01. The summed E-state index contributed by atoms with van der Waals surface area (Å²) in [6, 6.07) is 3.90. The lowest BCUT2D eigenvalue weighted by Crippen LogP contribution is -1.98. The standard InChI is InChI=1S/C11H13N2O5/c14-7-3-1-2-4-9-5-6-10(12(15)16)11(8-9)13(17)18/h5-6,8H,1-4,7H2. The maximum absolute atomic E-state index is 10.7. The van der Waals surface area contributed by atoms with E-state index < -0.39 is 21.2 Å². The highest BCUT2D eigenvalue weighted by molar-refractivity contribution is 5.54. The molecule has 1 radical (unpaired) electrons. The minimum atomic E-state index is -0.765. The topological polar surface area (TPSA) is 106 Å². The Kier molecular flexibility index (Phi) is 5.19. The van der Waals surface area contributed by atoms with E-state index in [-0.39, 0.29) is 6.61 Å². The number of hydrogen-bond acceptors (Lipinski definition) is 4. The van der Waals surface area contributed by atoms with Crippen LogP contribution in [-0.4, -0.2) is 16.5 Å². The van der Waals surface area contributed by atoms with Gasteiger partial charge in [0.2, 0.25) is 0 Å². The molecule has 1 aromatic rings. The molecular formula is C11H13N2O5. The van der Waals surface area contributed by atoms with Crippen LogP contribution in [0, 0.1) is 20.2 Å². The van der Waals surface area contributed by atoms with Gasteiger partial charge in [0.25, 0.3) is 0 Å². The molecule has 0 aliphatic rings. The third kappa shape index (κ3) is 3.77. The van der Waals surface area contributed by atoms with Crippen LogP contribution in [0.4, 0.5) is 11.4 Å². The first-order valence-electron chi connectivity index (χ1n) is 5.56. The van der Waals surface area contributed by atoms with Crippen molar-refractivity contribution in [3.63, 3.8) is 0 Å². The second-order valence-corrected chi connectivity index (χ2v) is 3.85. The second kappa shape index (κ2) is 6.65. The van der Waals surface area contributed by atoms with Crippen LogP contribution in [0.1, 0.15) is 24.8 Å². The van der Waals surface area contributed by atoms with Crippen LogP contribution in [0.5, 0.6) is 0 Å². The molecule has 7 nitrogen and oxygen atoms in total. The number of unbranched alkanes of at least 4 members (excludes halogenated alkanes) is 2. The fourth-order valence-corrected chi connectivity index (χ4v) is 1.63. The van der Waals surface area contributed by atoms with Gasteiger partial charge in [0.15, 0.2) is 0 Å². The van der Waals surface area contributed by atoms with Crippen molar-refractivity contribution in [2.45, 2.75) is 25.7 Å². The van der Waals surface area contributed by atoms with E-state index in [4.69, 9.17) is 0 Å². The van der Waals surface area contributed by atoms with Gasteiger partial charge in [-0.05, 0) is 24.8 Å². The molecule has 0 spiro atoms. The lowest BCUT2D eigenvalue weighted by atomic mass is 10.1. The Morgan fingerprint density at radius 1 is 0.944 bits per heavy atom. The smallest absolute Gasteiger partial charge is 0.258 e. The number of rotatable bonds is 7. The van der Waals surface area contributed by atoms with Crippen molar-refractivity contribution in [1.29, 1.82) is 0 Å². The number of nitro groups is 2. The zero-order valence-corrected chi connectivity index (χ0v) is 9.70. The largest absolute Gasteiger partial charge is 0.346 e. The maximum Gasteiger partial charge on any atom is 0.346 e. The zero-order chi connectivity index (χ0) is 13.5. The summed E-state index contributed by atoms with van der Waals surface area (Å²) in [6.45, 7) is -0.125. The molecule has 0 aliphatic heterocycles. The molecule has 0 N–H and O–H groups in total. The minimum Gasteiger partial charge on any atom is -0.258 e. The average Bonchev–Trinajstić information content (AvgIpc) is 2.34. The summed E-state index contributed by atoms with van der Waals surface area (Å²) in [7, 11) is 0. The highest BCUT2D eigenvalue weighted by atomic mass is 16.6. The molecule has 0 fully saturated rings. The molecule has 0 aromatic heterocycles. The molecule has 0 aliphatic carbocycles. The molecular weight excluding hydrogens is 240 g/mol. The van der Waals surface area contributed by atoms with E-state index in [9.17, 15) is 25.3 Å². The highest BCUT2D eigenvalue weighted by Crippen LogP contribution is 2.28. The molecule has 0 atom stereocenters. The molecule has 1 rings (SSSR count). The molecule has 0 amide bonds. The Morgan fingerprint density at radius 3 is 2.17 bits per heavy atom. The van der Waals surface area contributed by atoms with Gasteiger partial charge in [0.05, 0.1) is 16.5 Å². The van der Waals surface area contributed by atoms with Crippen LogP contribution < -0.4 is 0 Å². The maximum atomic E-state index is 10.7. The fourth-order valence-electron chi connectivity index (χ4n) is 1.63. The Morgan fingerprint density at radius 2 is 1.61 bits per heavy atom. The van der Waals surface area contributed by atoms with Gasteiger partial charge < -0.3 is 0 Å². The summed E-state index contributed by atoms with van der Waals surface area (Å²) in [5.74, 6) is 0. The van der Waals surface area contributed by atoms with Crippen molar-refractivity contribution in [2.75, 3.05) is 6.61 Å². The van der Waals surface area contributed by atoms with Gasteiger partial charge in [-0.3, -0.25) is 20.2 Å². The van der Waals surface area contributed by atoms with Crippen molar-refractivity contribution < 1.29 is 15.0 Å². The molecule has 18 heavy (non-hydrogen) atoms. The number of benzene rings is 1. The van der Waals surface area contributed by atoms with Gasteiger partial charge in [-0.25, -0.2) is 5.11 Å². The van der Waals surface area contributed by atoms with Gasteiger partial charge in [-0.15, -0.1) is 0 Å². The van der Waals surface area contributed by atoms with E-state index in [1.54, 1.807) is 0 Å². The van der Waals surface area contributed by atoms with E-state index >= 15 is 0 Å². The summed E-state index contributed by atoms with van der Waals surface area (Å²) < 4.78 is 0. The molecule has 97 valence electrons. The van der Waals surface area contributed by atoms with Crippen molar-refractivity contribution >= 4 is 11.4 Å². The van der Waals surface area contributed by atoms with Crippen LogP contribution >= 0.6 is 0 Å². The van der Waals surface area contributed by atoms with Gasteiger partial charge in [0.1, 0.15) is 0 Å². The van der Waals surface area contributed by atoms with Gasteiger partial charge in [-0.2, -0.15) is 0 Å². The second-order valence-electron chi connectivity index (χ2n) is 3.85. The minimum absolute atomic E-state index is 0.125. The monoisotopic (exact) mass is 253 g/mol. The molecule has 0 unspecified atom stereocenters. The average molecular weight is 253 g/mol.